The highest BCUT2D eigenvalue weighted by Gasteiger charge is 2.21. The minimum Gasteiger partial charge on any atom is -0.387 e. The van der Waals surface area contributed by atoms with Gasteiger partial charge in [-0.1, -0.05) is 49.2 Å². The molecule has 0 radical (unpaired) electrons. The molecule has 0 aliphatic heterocycles. The van der Waals surface area contributed by atoms with E-state index in [1.54, 1.807) is 18.2 Å². The van der Waals surface area contributed by atoms with E-state index in [0.29, 0.717) is 21.5 Å². The molecule has 2 nitrogen and oxygen atoms in total. The number of hydrogen-bond acceptors (Lipinski definition) is 2. The van der Waals surface area contributed by atoms with Gasteiger partial charge in [0.1, 0.15) is 0 Å². The summed E-state index contributed by atoms with van der Waals surface area (Å²) in [5.41, 5.74) is 6.52. The molecule has 1 aromatic rings. The van der Waals surface area contributed by atoms with E-state index < -0.39 is 6.10 Å². The molecular formula is C12H17Cl2NO. The molecule has 0 saturated carbocycles. The minimum atomic E-state index is -0.770. The Bertz CT molecular complexity index is 355. The maximum atomic E-state index is 10.1. The smallest absolute Gasteiger partial charge is 0.0955 e. The molecule has 2 atom stereocenters. The summed E-state index contributed by atoms with van der Waals surface area (Å²) in [4.78, 5) is 0. The molecule has 0 amide bonds. The Morgan fingerprint density at radius 3 is 2.50 bits per heavy atom. The number of benzene rings is 1. The van der Waals surface area contributed by atoms with Crippen LogP contribution >= 0.6 is 23.2 Å². The molecule has 0 saturated heterocycles. The highest BCUT2D eigenvalue weighted by atomic mass is 35.5. The molecule has 1 rings (SSSR count). The maximum absolute atomic E-state index is 10.1. The van der Waals surface area contributed by atoms with E-state index in [4.69, 9.17) is 28.9 Å². The Morgan fingerprint density at radius 2 is 1.94 bits per heavy atom. The third-order valence-electron chi connectivity index (χ3n) is 2.45. The number of rotatable bonds is 4. The monoisotopic (exact) mass is 261 g/mol. The van der Waals surface area contributed by atoms with Gasteiger partial charge in [-0.2, -0.15) is 0 Å². The third kappa shape index (κ3) is 3.36. The molecule has 0 aliphatic carbocycles. The second-order valence-corrected chi connectivity index (χ2v) is 5.17. The first kappa shape index (κ1) is 13.8. The fourth-order valence-electron chi connectivity index (χ4n) is 1.65. The first-order valence-corrected chi connectivity index (χ1v) is 6.06. The van der Waals surface area contributed by atoms with Crippen LogP contribution in [0.25, 0.3) is 0 Å². The molecule has 1 aromatic carbocycles. The summed E-state index contributed by atoms with van der Waals surface area (Å²) in [6.45, 7) is 4.12. The van der Waals surface area contributed by atoms with E-state index in [1.165, 1.54) is 0 Å². The third-order valence-corrected chi connectivity index (χ3v) is 3.28. The molecule has 4 heteroatoms. The highest BCUT2D eigenvalue weighted by Crippen LogP contribution is 2.31. The van der Waals surface area contributed by atoms with Crippen LogP contribution < -0.4 is 5.73 Å². The summed E-state index contributed by atoms with van der Waals surface area (Å²) < 4.78 is 0. The second kappa shape index (κ2) is 5.87. The zero-order valence-corrected chi connectivity index (χ0v) is 11.0. The number of hydrogen-bond donors (Lipinski definition) is 2. The van der Waals surface area contributed by atoms with Crippen LogP contribution in [0.2, 0.25) is 10.0 Å². The van der Waals surface area contributed by atoms with Crippen molar-refractivity contribution in [1.82, 2.24) is 0 Å². The molecule has 16 heavy (non-hydrogen) atoms. The zero-order chi connectivity index (χ0) is 12.3. The lowest BCUT2D eigenvalue weighted by atomic mass is 9.95. The lowest BCUT2D eigenvalue weighted by Crippen LogP contribution is -2.30. The van der Waals surface area contributed by atoms with Crippen molar-refractivity contribution >= 4 is 23.2 Å². The van der Waals surface area contributed by atoms with Gasteiger partial charge in [-0.25, -0.2) is 0 Å². The Morgan fingerprint density at radius 1 is 1.31 bits per heavy atom. The van der Waals surface area contributed by atoms with Gasteiger partial charge < -0.3 is 10.8 Å². The standard InChI is InChI=1S/C12H17Cl2NO/c1-7(2)6-10(15)12(16)8-4-3-5-9(13)11(8)14/h3-5,7,10,12,16H,6,15H2,1-2H3. The van der Waals surface area contributed by atoms with Gasteiger partial charge in [0.2, 0.25) is 0 Å². The van der Waals surface area contributed by atoms with E-state index in [9.17, 15) is 5.11 Å². The van der Waals surface area contributed by atoms with Crippen LogP contribution in [-0.2, 0) is 0 Å². The Balaban J connectivity index is 2.87. The zero-order valence-electron chi connectivity index (χ0n) is 9.45. The summed E-state index contributed by atoms with van der Waals surface area (Å²) >= 11 is 11.9. The first-order valence-electron chi connectivity index (χ1n) is 5.31. The Hall–Kier alpha value is -0.280. The van der Waals surface area contributed by atoms with Gasteiger partial charge in [0, 0.05) is 11.6 Å². The molecule has 2 unspecified atom stereocenters. The fourth-order valence-corrected chi connectivity index (χ4v) is 2.07. The van der Waals surface area contributed by atoms with Gasteiger partial charge in [-0.15, -0.1) is 0 Å². The molecule has 0 aromatic heterocycles. The van der Waals surface area contributed by atoms with Gasteiger partial charge in [0.05, 0.1) is 16.1 Å². The Labute approximate surface area is 106 Å². The molecule has 0 spiro atoms. The molecular weight excluding hydrogens is 245 g/mol. The molecule has 0 aliphatic rings. The molecule has 3 N–H and O–H groups in total. The average Bonchev–Trinajstić information content (AvgIpc) is 2.20. The maximum Gasteiger partial charge on any atom is 0.0955 e. The SMILES string of the molecule is CC(C)CC(N)C(O)c1cccc(Cl)c1Cl. The van der Waals surface area contributed by atoms with Crippen molar-refractivity contribution in [2.75, 3.05) is 0 Å². The van der Waals surface area contributed by atoms with Crippen LogP contribution in [0, 0.1) is 5.92 Å². The number of nitrogens with two attached hydrogens (primary N) is 1. The van der Waals surface area contributed by atoms with Crippen LogP contribution in [-0.4, -0.2) is 11.1 Å². The van der Waals surface area contributed by atoms with Crippen molar-refractivity contribution < 1.29 is 5.11 Å². The number of halogens is 2. The summed E-state index contributed by atoms with van der Waals surface area (Å²) in [7, 11) is 0. The van der Waals surface area contributed by atoms with E-state index in [0.717, 1.165) is 6.42 Å². The van der Waals surface area contributed by atoms with Gasteiger partial charge in [0.15, 0.2) is 0 Å². The molecule has 0 fully saturated rings. The van der Waals surface area contributed by atoms with E-state index in [-0.39, 0.29) is 6.04 Å². The van der Waals surface area contributed by atoms with Crippen LogP contribution in [0.1, 0.15) is 31.9 Å². The summed E-state index contributed by atoms with van der Waals surface area (Å²) in [5.74, 6) is 0.433. The van der Waals surface area contributed by atoms with Crippen LogP contribution in [0.4, 0.5) is 0 Å². The van der Waals surface area contributed by atoms with Crippen molar-refractivity contribution in [1.29, 1.82) is 0 Å². The minimum absolute atomic E-state index is 0.323. The topological polar surface area (TPSA) is 46.2 Å². The average molecular weight is 262 g/mol. The molecule has 0 heterocycles. The first-order chi connectivity index (χ1) is 7.43. The van der Waals surface area contributed by atoms with E-state index in [2.05, 4.69) is 13.8 Å². The van der Waals surface area contributed by atoms with Crippen molar-refractivity contribution in [3.63, 3.8) is 0 Å². The van der Waals surface area contributed by atoms with Crippen LogP contribution in [0.5, 0.6) is 0 Å². The predicted molar refractivity (Wildman–Crippen MR) is 68.9 cm³/mol. The fraction of sp³-hybridized carbons (Fsp3) is 0.500. The van der Waals surface area contributed by atoms with Crippen molar-refractivity contribution in [2.45, 2.75) is 32.4 Å². The predicted octanol–water partition coefficient (Wildman–Crippen LogP) is 3.40. The van der Waals surface area contributed by atoms with E-state index in [1.807, 2.05) is 0 Å². The summed E-state index contributed by atoms with van der Waals surface area (Å²) in [5, 5.41) is 10.9. The summed E-state index contributed by atoms with van der Waals surface area (Å²) in [6.07, 6.45) is -0.0297. The van der Waals surface area contributed by atoms with Crippen molar-refractivity contribution in [3.8, 4) is 0 Å². The number of aliphatic hydroxyl groups is 1. The molecule has 0 bridgehead atoms. The molecule has 90 valence electrons. The summed E-state index contributed by atoms with van der Waals surface area (Å²) in [6, 6.07) is 4.87. The quantitative estimate of drug-likeness (QED) is 0.873. The van der Waals surface area contributed by atoms with Crippen LogP contribution in [0.3, 0.4) is 0 Å². The van der Waals surface area contributed by atoms with Crippen molar-refractivity contribution in [3.05, 3.63) is 33.8 Å². The Kier molecular flexibility index (Phi) is 5.06. The highest BCUT2D eigenvalue weighted by molar-refractivity contribution is 6.42. The largest absolute Gasteiger partial charge is 0.387 e. The normalized spacial score (nSPS) is 15.2. The van der Waals surface area contributed by atoms with E-state index >= 15 is 0 Å². The van der Waals surface area contributed by atoms with Gasteiger partial charge in [-0.3, -0.25) is 0 Å². The van der Waals surface area contributed by atoms with Gasteiger partial charge in [-0.05, 0) is 18.4 Å². The van der Waals surface area contributed by atoms with Crippen LogP contribution in [0.15, 0.2) is 18.2 Å². The van der Waals surface area contributed by atoms with Crippen molar-refractivity contribution in [2.24, 2.45) is 11.7 Å². The van der Waals surface area contributed by atoms with Gasteiger partial charge >= 0.3 is 0 Å². The number of aliphatic hydroxyl groups excluding tert-OH is 1. The second-order valence-electron chi connectivity index (χ2n) is 4.38. The lowest BCUT2D eigenvalue weighted by molar-refractivity contribution is 0.136. The van der Waals surface area contributed by atoms with Gasteiger partial charge in [0.25, 0.3) is 0 Å². The lowest BCUT2D eigenvalue weighted by Gasteiger charge is -2.22.